The van der Waals surface area contributed by atoms with Crippen molar-refractivity contribution in [2.75, 3.05) is 36.9 Å². The van der Waals surface area contributed by atoms with Crippen molar-refractivity contribution in [3.8, 4) is 0 Å². The number of hydrogen-bond donors (Lipinski definition) is 2. The number of anilines is 2. The highest BCUT2D eigenvalue weighted by molar-refractivity contribution is 6.11. The first-order chi connectivity index (χ1) is 19.5. The van der Waals surface area contributed by atoms with Crippen molar-refractivity contribution >= 4 is 28.2 Å². The lowest BCUT2D eigenvalue weighted by molar-refractivity contribution is -0.170. The second-order valence-corrected chi connectivity index (χ2v) is 13.0. The molecule has 1 aromatic heterocycles. The fourth-order valence-electron chi connectivity index (χ4n) is 6.13. The number of hydrogen-bond acceptors (Lipinski definition) is 6. The Morgan fingerprint density at radius 3 is 2.45 bits per heavy atom. The van der Waals surface area contributed by atoms with Gasteiger partial charge in [0.1, 0.15) is 11.4 Å². The number of carbonyl (C=O) groups excluding carboxylic acids is 1. The Labute approximate surface area is 245 Å². The maximum absolute atomic E-state index is 15.5. The predicted octanol–water partition coefficient (Wildman–Crippen LogP) is 6.08. The number of aromatic nitrogens is 2. The van der Waals surface area contributed by atoms with Crippen LogP contribution in [0, 0.1) is 18.7 Å². The summed E-state index contributed by atoms with van der Waals surface area (Å²) in [6.45, 7) is 11.9. The molecule has 0 radical (unpaired) electrons. The molecule has 1 amide bonds. The first kappa shape index (κ1) is 30.2. The van der Waals surface area contributed by atoms with Crippen LogP contribution >= 0.6 is 0 Å². The van der Waals surface area contributed by atoms with Crippen molar-refractivity contribution in [1.29, 1.82) is 0 Å². The quantitative estimate of drug-likeness (QED) is 0.351. The monoisotopic (exact) mass is 583 g/mol. The number of halogens is 3. The number of benzene rings is 2. The highest BCUT2D eigenvalue weighted by Crippen LogP contribution is 2.46. The summed E-state index contributed by atoms with van der Waals surface area (Å²) in [6.07, 6.45) is 2.05. The Bertz CT molecular complexity index is 1530. The number of aryl methyl sites for hydroxylation is 1. The average Bonchev–Trinajstić information content (AvgIpc) is 3.10. The summed E-state index contributed by atoms with van der Waals surface area (Å²) in [5, 5.41) is 23.4. The molecule has 2 aromatic carbocycles. The maximum Gasteiger partial charge on any atom is 0.303 e. The van der Waals surface area contributed by atoms with Crippen molar-refractivity contribution in [2.24, 2.45) is 5.92 Å². The van der Waals surface area contributed by atoms with Crippen LogP contribution in [0.25, 0.3) is 10.8 Å². The van der Waals surface area contributed by atoms with Gasteiger partial charge < -0.3 is 20.2 Å². The molecule has 5 rings (SSSR count). The van der Waals surface area contributed by atoms with E-state index in [0.717, 1.165) is 62.5 Å². The summed E-state index contributed by atoms with van der Waals surface area (Å²) in [5.41, 5.74) is -1.58. The molecular weight excluding hydrogens is 543 g/mol. The second kappa shape index (κ2) is 10.5. The van der Waals surface area contributed by atoms with Crippen LogP contribution in [0.4, 0.5) is 24.7 Å². The van der Waals surface area contributed by atoms with Gasteiger partial charge in [0, 0.05) is 28.6 Å². The molecule has 3 aromatic rings. The number of alkyl halides is 2. The Balaban J connectivity index is 1.53. The number of nitrogens with one attached hydrogen (secondary N) is 1. The van der Waals surface area contributed by atoms with Gasteiger partial charge >= 0.3 is 5.92 Å². The summed E-state index contributed by atoms with van der Waals surface area (Å²) in [5.74, 6) is -4.08. The minimum absolute atomic E-state index is 0.00770. The van der Waals surface area contributed by atoms with E-state index < -0.39 is 34.4 Å². The van der Waals surface area contributed by atoms with Gasteiger partial charge in [0.05, 0.1) is 22.7 Å². The van der Waals surface area contributed by atoms with Crippen molar-refractivity contribution in [3.05, 3.63) is 58.5 Å². The van der Waals surface area contributed by atoms with Crippen LogP contribution in [0.5, 0.6) is 0 Å². The predicted molar refractivity (Wildman–Crippen MR) is 159 cm³/mol. The molecule has 10 heteroatoms. The SMILES string of the molecule is Cc1nnc(NC(C)c2cccc(C(F)(F)C(C)(C)O)c2F)c2cc3c(cc12)C(C)(C)C(=O)N3CC1CCN(C)CC1. The van der Waals surface area contributed by atoms with Gasteiger partial charge in [-0.05, 0) is 104 Å². The molecule has 0 spiro atoms. The van der Waals surface area contributed by atoms with Crippen molar-refractivity contribution in [2.45, 2.75) is 77.4 Å². The van der Waals surface area contributed by atoms with Crippen molar-refractivity contribution in [3.63, 3.8) is 0 Å². The van der Waals surface area contributed by atoms with Crippen LogP contribution in [0.1, 0.15) is 75.9 Å². The van der Waals surface area contributed by atoms with E-state index in [9.17, 15) is 18.7 Å². The van der Waals surface area contributed by atoms with Gasteiger partial charge in [0.15, 0.2) is 5.82 Å². The van der Waals surface area contributed by atoms with E-state index in [1.807, 2.05) is 37.8 Å². The summed E-state index contributed by atoms with van der Waals surface area (Å²) >= 11 is 0. The molecule has 2 N–H and O–H groups in total. The summed E-state index contributed by atoms with van der Waals surface area (Å²) < 4.78 is 45.4. The molecule has 2 aliphatic rings. The Kier molecular flexibility index (Phi) is 7.55. The largest absolute Gasteiger partial charge is 0.384 e. The Morgan fingerprint density at radius 2 is 1.81 bits per heavy atom. The van der Waals surface area contributed by atoms with E-state index in [2.05, 4.69) is 27.5 Å². The molecule has 226 valence electrons. The molecular formula is C32H40F3N5O2. The molecule has 1 saturated heterocycles. The maximum atomic E-state index is 15.5. The minimum Gasteiger partial charge on any atom is -0.384 e. The average molecular weight is 584 g/mol. The lowest BCUT2D eigenvalue weighted by atomic mass is 9.85. The number of piperidine rings is 1. The molecule has 0 saturated carbocycles. The van der Waals surface area contributed by atoms with E-state index in [-0.39, 0.29) is 11.5 Å². The van der Waals surface area contributed by atoms with Crippen molar-refractivity contribution in [1.82, 2.24) is 15.1 Å². The van der Waals surface area contributed by atoms with E-state index in [0.29, 0.717) is 29.4 Å². The van der Waals surface area contributed by atoms with Gasteiger partial charge in [-0.1, -0.05) is 12.1 Å². The summed E-state index contributed by atoms with van der Waals surface area (Å²) in [6, 6.07) is 6.98. The second-order valence-electron chi connectivity index (χ2n) is 13.0. The zero-order valence-corrected chi connectivity index (χ0v) is 25.4. The van der Waals surface area contributed by atoms with E-state index >= 15 is 4.39 Å². The standard InChI is InChI=1S/C32H40F3N5O2/c1-18(21-9-8-10-24(27(21)33)32(34,35)31(5,6)42)36-28-23-16-26-25(15-22(23)19(2)37-38-28)30(3,4)29(41)40(26)17-20-11-13-39(7)14-12-20/h8-10,15-16,18,20,42H,11-14,17H2,1-7H3,(H,36,38). The molecule has 0 bridgehead atoms. The first-order valence-electron chi connectivity index (χ1n) is 14.5. The zero-order chi connectivity index (χ0) is 30.8. The molecule has 2 aliphatic heterocycles. The normalized spacial score (nSPS) is 18.9. The van der Waals surface area contributed by atoms with Gasteiger partial charge in [-0.15, -0.1) is 5.10 Å². The fourth-order valence-corrected chi connectivity index (χ4v) is 6.13. The van der Waals surface area contributed by atoms with Crippen LogP contribution in [-0.2, 0) is 16.1 Å². The third-order valence-electron chi connectivity index (χ3n) is 9.06. The lowest BCUT2D eigenvalue weighted by Crippen LogP contribution is -2.41. The summed E-state index contributed by atoms with van der Waals surface area (Å²) in [4.78, 5) is 17.9. The van der Waals surface area contributed by atoms with Crippen LogP contribution in [0.2, 0.25) is 0 Å². The smallest absolute Gasteiger partial charge is 0.303 e. The molecule has 1 atom stereocenters. The molecule has 3 heterocycles. The van der Waals surface area contributed by atoms with E-state index in [1.54, 1.807) is 6.92 Å². The molecule has 42 heavy (non-hydrogen) atoms. The topological polar surface area (TPSA) is 81.6 Å². The van der Waals surface area contributed by atoms with Gasteiger partial charge in [-0.3, -0.25) is 4.79 Å². The fraction of sp³-hybridized carbons (Fsp3) is 0.531. The number of rotatable bonds is 7. The van der Waals surface area contributed by atoms with Crippen molar-refractivity contribution < 1.29 is 23.1 Å². The van der Waals surface area contributed by atoms with E-state index in [4.69, 9.17) is 0 Å². The third kappa shape index (κ3) is 5.02. The van der Waals surface area contributed by atoms with E-state index in [1.165, 1.54) is 12.1 Å². The van der Waals surface area contributed by atoms with Gasteiger partial charge in [0.25, 0.3) is 0 Å². The van der Waals surface area contributed by atoms with Crippen LogP contribution in [-0.4, -0.2) is 58.4 Å². The van der Waals surface area contributed by atoms with Crippen LogP contribution < -0.4 is 10.2 Å². The zero-order valence-electron chi connectivity index (χ0n) is 25.4. The summed E-state index contributed by atoms with van der Waals surface area (Å²) in [7, 11) is 2.11. The number of carbonyl (C=O) groups is 1. The lowest BCUT2D eigenvalue weighted by Gasteiger charge is -2.32. The molecule has 1 fully saturated rings. The Hall–Kier alpha value is -3.24. The van der Waals surface area contributed by atoms with Gasteiger partial charge in [-0.25, -0.2) is 4.39 Å². The number of likely N-dealkylation sites (tertiary alicyclic amines) is 1. The van der Waals surface area contributed by atoms with Gasteiger partial charge in [0.2, 0.25) is 5.91 Å². The number of amides is 1. The highest BCUT2D eigenvalue weighted by atomic mass is 19.3. The molecule has 0 aliphatic carbocycles. The van der Waals surface area contributed by atoms with Crippen LogP contribution in [0.15, 0.2) is 30.3 Å². The highest BCUT2D eigenvalue weighted by Gasteiger charge is 2.49. The number of nitrogens with zero attached hydrogens (tertiary/aromatic N) is 4. The van der Waals surface area contributed by atoms with Crippen LogP contribution in [0.3, 0.4) is 0 Å². The number of fused-ring (bicyclic) bond motifs is 2. The molecule has 1 unspecified atom stereocenters. The van der Waals surface area contributed by atoms with Gasteiger partial charge in [-0.2, -0.15) is 13.9 Å². The first-order valence-corrected chi connectivity index (χ1v) is 14.5. The third-order valence-corrected chi connectivity index (χ3v) is 9.06. The Morgan fingerprint density at radius 1 is 1.14 bits per heavy atom. The molecule has 7 nitrogen and oxygen atoms in total. The number of aliphatic hydroxyl groups is 1. The minimum atomic E-state index is -3.81.